The van der Waals surface area contributed by atoms with Gasteiger partial charge >= 0.3 is 0 Å². The van der Waals surface area contributed by atoms with Crippen LogP contribution >= 0.6 is 0 Å². The molecule has 0 spiro atoms. The Hall–Kier alpha value is -7.55. The molecule has 57 heavy (non-hydrogen) atoms. The summed E-state index contributed by atoms with van der Waals surface area (Å²) < 4.78 is 2.44. The third-order valence-corrected chi connectivity index (χ3v) is 11.9. The largest absolute Gasteiger partial charge is 0.309 e. The Balaban J connectivity index is 1.14. The molecule has 0 unspecified atom stereocenters. The van der Waals surface area contributed by atoms with Gasteiger partial charge in [0.05, 0.1) is 22.2 Å². The maximum Gasteiger partial charge on any atom is 0.0789 e. The molecule has 0 atom stereocenters. The van der Waals surface area contributed by atoms with E-state index in [0.717, 1.165) is 33.2 Å². The van der Waals surface area contributed by atoms with E-state index in [-0.39, 0.29) is 0 Å². The number of para-hydroxylation sites is 3. The van der Waals surface area contributed by atoms with Crippen LogP contribution in [0.15, 0.2) is 206 Å². The Morgan fingerprint density at radius 3 is 1.63 bits per heavy atom. The van der Waals surface area contributed by atoms with Gasteiger partial charge in [-0.25, -0.2) is 4.98 Å². The van der Waals surface area contributed by atoms with Gasteiger partial charge < -0.3 is 4.57 Å². The van der Waals surface area contributed by atoms with E-state index >= 15 is 0 Å². The summed E-state index contributed by atoms with van der Waals surface area (Å²) in [5.74, 6) is 0. The highest BCUT2D eigenvalue weighted by Gasteiger charge is 2.21. The van der Waals surface area contributed by atoms with Gasteiger partial charge in [0.15, 0.2) is 0 Å². The highest BCUT2D eigenvalue weighted by Crippen LogP contribution is 2.46. The Labute approximate surface area is 329 Å². The van der Waals surface area contributed by atoms with E-state index in [1.165, 1.54) is 81.8 Å². The van der Waals surface area contributed by atoms with Crippen molar-refractivity contribution in [3.8, 4) is 39.2 Å². The van der Waals surface area contributed by atoms with Gasteiger partial charge in [0, 0.05) is 38.2 Å². The lowest BCUT2D eigenvalue weighted by molar-refractivity contribution is 1.19. The van der Waals surface area contributed by atoms with Gasteiger partial charge in [-0.3, -0.25) is 0 Å². The molecule has 0 N–H and O–H groups in total. The number of pyridine rings is 1. The number of rotatable bonds is 4. The van der Waals surface area contributed by atoms with Crippen molar-refractivity contribution >= 4 is 75.8 Å². The lowest BCUT2D eigenvalue weighted by Crippen LogP contribution is -1.96. The monoisotopic (exact) mass is 722 g/mol. The van der Waals surface area contributed by atoms with Crippen LogP contribution in [0.5, 0.6) is 0 Å². The molecule has 264 valence electrons. The van der Waals surface area contributed by atoms with Gasteiger partial charge in [-0.1, -0.05) is 170 Å². The van der Waals surface area contributed by atoms with Crippen LogP contribution in [0.1, 0.15) is 0 Å². The zero-order valence-electron chi connectivity index (χ0n) is 31.0. The molecule has 12 rings (SSSR count). The van der Waals surface area contributed by atoms with Gasteiger partial charge in [0.2, 0.25) is 0 Å². The zero-order valence-corrected chi connectivity index (χ0v) is 31.0. The molecule has 0 saturated carbocycles. The Morgan fingerprint density at radius 1 is 0.333 bits per heavy atom. The standard InChI is InChI=1S/C55H34N2/c1-2-19-40(20-3-1)57-50-28-13-11-21-41(50)46-31-32-48-53(55(46)57)47-26-10-12-27-49(47)56-54(48)39-18-14-17-37(34-39)51-42-22-6-8-24-44(42)52(45-25-9-7-23-43(45)51)38-30-29-35-15-4-5-16-36(35)33-38/h1-34H. The first-order valence-corrected chi connectivity index (χ1v) is 19.6. The highest BCUT2D eigenvalue weighted by atomic mass is 15.0. The molecule has 12 aromatic rings. The summed E-state index contributed by atoms with van der Waals surface area (Å²) in [5.41, 5.74) is 11.5. The molecule has 2 aromatic heterocycles. The van der Waals surface area contributed by atoms with Crippen molar-refractivity contribution in [2.24, 2.45) is 0 Å². The van der Waals surface area contributed by atoms with Gasteiger partial charge in [0.1, 0.15) is 0 Å². The van der Waals surface area contributed by atoms with Crippen LogP contribution in [0.3, 0.4) is 0 Å². The number of hydrogen-bond donors (Lipinski definition) is 0. The summed E-state index contributed by atoms with van der Waals surface area (Å²) in [4.78, 5) is 5.47. The average Bonchev–Trinajstić information content (AvgIpc) is 3.62. The predicted molar refractivity (Wildman–Crippen MR) is 242 cm³/mol. The van der Waals surface area contributed by atoms with Crippen LogP contribution in [0, 0.1) is 0 Å². The fourth-order valence-electron chi connectivity index (χ4n) is 9.47. The Kier molecular flexibility index (Phi) is 6.96. The normalized spacial score (nSPS) is 11.9. The molecule has 0 saturated heterocycles. The quantitative estimate of drug-likeness (QED) is 0.131. The minimum absolute atomic E-state index is 0.985. The van der Waals surface area contributed by atoms with Gasteiger partial charge in [0.25, 0.3) is 0 Å². The van der Waals surface area contributed by atoms with Crippen LogP contribution in [0.4, 0.5) is 0 Å². The van der Waals surface area contributed by atoms with Crippen LogP contribution in [-0.4, -0.2) is 9.55 Å². The first-order chi connectivity index (χ1) is 28.3. The molecular formula is C55H34N2. The van der Waals surface area contributed by atoms with Crippen molar-refractivity contribution in [2.75, 3.05) is 0 Å². The Morgan fingerprint density at radius 2 is 0.895 bits per heavy atom. The van der Waals surface area contributed by atoms with Crippen LogP contribution in [-0.2, 0) is 0 Å². The minimum atomic E-state index is 0.985. The van der Waals surface area contributed by atoms with E-state index in [9.17, 15) is 0 Å². The van der Waals surface area contributed by atoms with Gasteiger partial charge in [-0.05, 0) is 91.0 Å². The van der Waals surface area contributed by atoms with E-state index < -0.39 is 0 Å². The van der Waals surface area contributed by atoms with Crippen molar-refractivity contribution in [1.29, 1.82) is 0 Å². The summed E-state index contributed by atoms with van der Waals surface area (Å²) >= 11 is 0. The van der Waals surface area contributed by atoms with E-state index in [1.54, 1.807) is 0 Å². The zero-order chi connectivity index (χ0) is 37.5. The van der Waals surface area contributed by atoms with Crippen molar-refractivity contribution in [3.63, 3.8) is 0 Å². The molecule has 0 fully saturated rings. The molecule has 10 aromatic carbocycles. The van der Waals surface area contributed by atoms with Crippen LogP contribution in [0.25, 0.3) is 115 Å². The summed E-state index contributed by atoms with van der Waals surface area (Å²) in [5, 5.41) is 13.5. The summed E-state index contributed by atoms with van der Waals surface area (Å²) in [7, 11) is 0. The smallest absolute Gasteiger partial charge is 0.0789 e. The maximum absolute atomic E-state index is 5.47. The molecule has 0 bridgehead atoms. The second-order valence-corrected chi connectivity index (χ2v) is 15.0. The Bertz CT molecular complexity index is 3520. The predicted octanol–water partition coefficient (Wildman–Crippen LogP) is 14.9. The number of hydrogen-bond acceptors (Lipinski definition) is 1. The van der Waals surface area contributed by atoms with E-state index in [4.69, 9.17) is 4.98 Å². The second kappa shape index (κ2) is 12.5. The lowest BCUT2D eigenvalue weighted by Gasteiger charge is -2.19. The lowest BCUT2D eigenvalue weighted by atomic mass is 9.85. The first kappa shape index (κ1) is 31.8. The van der Waals surface area contributed by atoms with Crippen molar-refractivity contribution in [2.45, 2.75) is 0 Å². The molecule has 2 heteroatoms. The van der Waals surface area contributed by atoms with Gasteiger partial charge in [-0.2, -0.15) is 0 Å². The topological polar surface area (TPSA) is 17.8 Å². The number of benzene rings is 10. The SMILES string of the molecule is c1ccc(-n2c3ccccc3c3ccc4c(-c5cccc(-c6c7ccccc7c(-c7ccc8ccccc8c7)c7ccccc67)c5)nc5ccccc5c4c32)cc1. The molecular weight excluding hydrogens is 689 g/mol. The third-order valence-electron chi connectivity index (χ3n) is 11.9. The van der Waals surface area contributed by atoms with E-state index in [0.29, 0.717) is 0 Å². The average molecular weight is 723 g/mol. The fraction of sp³-hybridized carbons (Fsp3) is 0. The third kappa shape index (κ3) is 4.81. The summed E-state index contributed by atoms with van der Waals surface area (Å²) in [6, 6.07) is 75.1. The van der Waals surface area contributed by atoms with Crippen molar-refractivity contribution in [3.05, 3.63) is 206 Å². The molecule has 0 aliphatic carbocycles. The van der Waals surface area contributed by atoms with E-state index in [2.05, 4.69) is 211 Å². The second-order valence-electron chi connectivity index (χ2n) is 15.0. The summed E-state index contributed by atoms with van der Waals surface area (Å²) in [6.07, 6.45) is 0. The molecule has 0 aliphatic rings. The first-order valence-electron chi connectivity index (χ1n) is 19.6. The molecule has 2 nitrogen and oxygen atoms in total. The van der Waals surface area contributed by atoms with Gasteiger partial charge in [-0.15, -0.1) is 0 Å². The minimum Gasteiger partial charge on any atom is -0.309 e. The summed E-state index contributed by atoms with van der Waals surface area (Å²) in [6.45, 7) is 0. The van der Waals surface area contributed by atoms with Crippen molar-refractivity contribution in [1.82, 2.24) is 9.55 Å². The van der Waals surface area contributed by atoms with E-state index in [1.807, 2.05) is 0 Å². The maximum atomic E-state index is 5.47. The number of nitrogens with zero attached hydrogens (tertiary/aromatic N) is 2. The van der Waals surface area contributed by atoms with Crippen LogP contribution in [0.2, 0.25) is 0 Å². The molecule has 2 heterocycles. The van der Waals surface area contributed by atoms with Crippen LogP contribution < -0.4 is 0 Å². The molecule has 0 amide bonds. The fourth-order valence-corrected chi connectivity index (χ4v) is 9.47. The molecule has 0 aliphatic heterocycles. The number of aromatic nitrogens is 2. The van der Waals surface area contributed by atoms with Crippen molar-refractivity contribution < 1.29 is 0 Å². The molecule has 0 radical (unpaired) electrons. The highest BCUT2D eigenvalue weighted by molar-refractivity contribution is 6.27. The number of fused-ring (bicyclic) bond motifs is 10.